The molecule has 0 aliphatic carbocycles. The van der Waals surface area contributed by atoms with Gasteiger partial charge in [0.1, 0.15) is 5.54 Å². The predicted molar refractivity (Wildman–Crippen MR) is 99.2 cm³/mol. The van der Waals surface area contributed by atoms with Gasteiger partial charge in [-0.1, -0.05) is 41.9 Å². The van der Waals surface area contributed by atoms with E-state index < -0.39 is 5.54 Å². The van der Waals surface area contributed by atoms with Crippen LogP contribution in [0, 0.1) is 0 Å². The number of hydrogen-bond donors (Lipinski definition) is 0. The van der Waals surface area contributed by atoms with Crippen LogP contribution in [-0.4, -0.2) is 65.4 Å². The van der Waals surface area contributed by atoms with Crippen molar-refractivity contribution in [3.8, 4) is 0 Å². The number of carbonyl (C=O) groups is 2. The van der Waals surface area contributed by atoms with E-state index in [1.54, 1.807) is 11.9 Å². The highest BCUT2D eigenvalue weighted by atomic mass is 35.5. The van der Waals surface area contributed by atoms with E-state index >= 15 is 0 Å². The summed E-state index contributed by atoms with van der Waals surface area (Å²) >= 11 is 6.41. The Labute approximate surface area is 153 Å². The third-order valence-corrected chi connectivity index (χ3v) is 5.46. The van der Waals surface area contributed by atoms with Gasteiger partial charge in [-0.15, -0.1) is 0 Å². The van der Waals surface area contributed by atoms with Crippen molar-refractivity contribution in [1.82, 2.24) is 14.7 Å². The van der Waals surface area contributed by atoms with E-state index in [1.807, 2.05) is 43.3 Å². The van der Waals surface area contributed by atoms with E-state index in [2.05, 4.69) is 4.90 Å². The van der Waals surface area contributed by atoms with Crippen LogP contribution in [0.15, 0.2) is 35.4 Å². The average molecular weight is 362 g/mol. The van der Waals surface area contributed by atoms with Crippen LogP contribution in [0.25, 0.3) is 6.08 Å². The molecule has 0 radical (unpaired) electrons. The summed E-state index contributed by atoms with van der Waals surface area (Å²) in [7, 11) is 1.58. The number of rotatable bonds is 4. The first kappa shape index (κ1) is 18.0. The maximum absolute atomic E-state index is 12.6. The molecule has 0 bridgehead atoms. The van der Waals surface area contributed by atoms with Crippen molar-refractivity contribution in [3.05, 3.63) is 40.9 Å². The lowest BCUT2D eigenvalue weighted by atomic mass is 9.86. The number of urea groups is 1. The number of amides is 3. The van der Waals surface area contributed by atoms with Gasteiger partial charge in [0.25, 0.3) is 5.91 Å². The third kappa shape index (κ3) is 3.31. The molecule has 2 aliphatic rings. The SMILES string of the molecule is CCN1C(=O)N(C)C(=O)C12CCN(C/C(Cl)=C/c1ccccc1)CC2. The maximum Gasteiger partial charge on any atom is 0.327 e. The fraction of sp³-hybridized carbons (Fsp3) is 0.474. The highest BCUT2D eigenvalue weighted by Gasteiger charge is 2.56. The summed E-state index contributed by atoms with van der Waals surface area (Å²) in [6.07, 6.45) is 3.29. The Morgan fingerprint density at radius 3 is 2.44 bits per heavy atom. The van der Waals surface area contributed by atoms with Gasteiger partial charge in [-0.05, 0) is 31.4 Å². The van der Waals surface area contributed by atoms with Crippen LogP contribution in [-0.2, 0) is 4.79 Å². The molecule has 2 aliphatic heterocycles. The van der Waals surface area contributed by atoms with Crippen molar-refractivity contribution in [2.24, 2.45) is 0 Å². The van der Waals surface area contributed by atoms with Gasteiger partial charge in [0, 0.05) is 38.3 Å². The molecule has 1 spiro atoms. The molecule has 0 unspecified atom stereocenters. The van der Waals surface area contributed by atoms with E-state index in [9.17, 15) is 9.59 Å². The molecule has 25 heavy (non-hydrogen) atoms. The number of imide groups is 1. The lowest BCUT2D eigenvalue weighted by Gasteiger charge is -2.41. The van der Waals surface area contributed by atoms with E-state index in [0.717, 1.165) is 23.7 Å². The Balaban J connectivity index is 1.65. The number of benzene rings is 1. The summed E-state index contributed by atoms with van der Waals surface area (Å²) in [5.41, 5.74) is 0.420. The van der Waals surface area contributed by atoms with Crippen LogP contribution in [0.2, 0.25) is 0 Å². The first-order chi connectivity index (χ1) is 12.0. The standard InChI is InChI=1S/C19H24ClN3O2/c1-3-23-18(25)21(2)17(24)19(23)9-11-22(12-10-19)14-16(20)13-15-7-5-4-6-8-15/h4-8,13H,3,9-12,14H2,1-2H3/b16-13-. The fourth-order valence-corrected chi connectivity index (χ4v) is 4.17. The molecule has 0 N–H and O–H groups in total. The van der Waals surface area contributed by atoms with Gasteiger partial charge in [0.2, 0.25) is 0 Å². The summed E-state index contributed by atoms with van der Waals surface area (Å²) in [6, 6.07) is 9.81. The van der Waals surface area contributed by atoms with Crippen molar-refractivity contribution in [2.45, 2.75) is 25.3 Å². The highest BCUT2D eigenvalue weighted by Crippen LogP contribution is 2.36. The van der Waals surface area contributed by atoms with Crippen LogP contribution in [0.5, 0.6) is 0 Å². The molecular formula is C19H24ClN3O2. The second-order valence-electron chi connectivity index (χ2n) is 6.70. The topological polar surface area (TPSA) is 43.9 Å². The van der Waals surface area contributed by atoms with E-state index in [1.165, 1.54) is 4.90 Å². The van der Waals surface area contributed by atoms with Gasteiger partial charge in [-0.25, -0.2) is 4.79 Å². The first-order valence-corrected chi connectivity index (χ1v) is 9.09. The van der Waals surface area contributed by atoms with Crippen LogP contribution in [0.4, 0.5) is 4.79 Å². The van der Waals surface area contributed by atoms with Gasteiger partial charge in [0.15, 0.2) is 0 Å². The summed E-state index contributed by atoms with van der Waals surface area (Å²) in [4.78, 5) is 30.2. The summed E-state index contributed by atoms with van der Waals surface area (Å²) in [5, 5.41) is 0.778. The Hall–Kier alpha value is -1.85. The van der Waals surface area contributed by atoms with Crippen LogP contribution in [0.3, 0.4) is 0 Å². The molecule has 2 saturated heterocycles. The Kier molecular flexibility index (Phi) is 5.16. The molecule has 5 nitrogen and oxygen atoms in total. The highest BCUT2D eigenvalue weighted by molar-refractivity contribution is 6.31. The lowest BCUT2D eigenvalue weighted by Crippen LogP contribution is -2.56. The molecular weight excluding hydrogens is 338 g/mol. The zero-order valence-electron chi connectivity index (χ0n) is 14.7. The van der Waals surface area contributed by atoms with Crippen molar-refractivity contribution < 1.29 is 9.59 Å². The number of nitrogens with zero attached hydrogens (tertiary/aromatic N) is 3. The second kappa shape index (κ2) is 7.18. The normalized spacial score (nSPS) is 21.5. The molecule has 134 valence electrons. The number of halogens is 1. The Morgan fingerprint density at radius 1 is 1.20 bits per heavy atom. The van der Waals surface area contributed by atoms with Gasteiger partial charge in [-0.3, -0.25) is 14.6 Å². The second-order valence-corrected chi connectivity index (χ2v) is 7.19. The molecule has 3 rings (SSSR count). The molecule has 0 saturated carbocycles. The number of hydrogen-bond acceptors (Lipinski definition) is 3. The smallest absolute Gasteiger partial charge is 0.310 e. The number of piperidine rings is 1. The zero-order valence-corrected chi connectivity index (χ0v) is 15.5. The monoisotopic (exact) mass is 361 g/mol. The van der Waals surface area contributed by atoms with Crippen molar-refractivity contribution >= 4 is 29.6 Å². The number of likely N-dealkylation sites (N-methyl/N-ethyl adjacent to an activating group) is 2. The van der Waals surface area contributed by atoms with Crippen molar-refractivity contribution in [3.63, 3.8) is 0 Å². The maximum atomic E-state index is 12.6. The predicted octanol–water partition coefficient (Wildman–Crippen LogP) is 3.01. The summed E-state index contributed by atoms with van der Waals surface area (Å²) in [5.74, 6) is -0.0649. The van der Waals surface area contributed by atoms with E-state index in [-0.39, 0.29) is 11.9 Å². The van der Waals surface area contributed by atoms with Gasteiger partial charge < -0.3 is 4.90 Å². The van der Waals surface area contributed by atoms with Gasteiger partial charge in [0.05, 0.1) is 0 Å². The zero-order chi connectivity index (χ0) is 18.0. The first-order valence-electron chi connectivity index (χ1n) is 8.71. The molecule has 2 heterocycles. The summed E-state index contributed by atoms with van der Waals surface area (Å²) < 4.78 is 0. The molecule has 1 aromatic rings. The molecule has 1 aromatic carbocycles. The van der Waals surface area contributed by atoms with Crippen LogP contribution in [0.1, 0.15) is 25.3 Å². The largest absolute Gasteiger partial charge is 0.327 e. The Bertz CT molecular complexity index is 681. The summed E-state index contributed by atoms with van der Waals surface area (Å²) in [6.45, 7) is 4.66. The van der Waals surface area contributed by atoms with E-state index in [0.29, 0.717) is 25.9 Å². The number of carbonyl (C=O) groups excluding carboxylic acids is 2. The number of likely N-dealkylation sites (tertiary alicyclic amines) is 1. The quantitative estimate of drug-likeness (QED) is 0.774. The molecule has 6 heteroatoms. The average Bonchev–Trinajstić information content (AvgIpc) is 2.79. The van der Waals surface area contributed by atoms with Crippen molar-refractivity contribution in [1.29, 1.82) is 0 Å². The van der Waals surface area contributed by atoms with Gasteiger partial charge >= 0.3 is 6.03 Å². The Morgan fingerprint density at radius 2 is 1.84 bits per heavy atom. The van der Waals surface area contributed by atoms with E-state index in [4.69, 9.17) is 11.6 Å². The molecule has 0 aromatic heterocycles. The van der Waals surface area contributed by atoms with Crippen molar-refractivity contribution in [2.75, 3.05) is 33.2 Å². The molecule has 0 atom stereocenters. The van der Waals surface area contributed by atoms with Crippen LogP contribution >= 0.6 is 11.6 Å². The molecule has 3 amide bonds. The minimum atomic E-state index is -0.660. The van der Waals surface area contributed by atoms with Gasteiger partial charge in [-0.2, -0.15) is 0 Å². The lowest BCUT2D eigenvalue weighted by molar-refractivity contribution is -0.134. The minimum absolute atomic E-state index is 0.0649. The fourth-order valence-electron chi connectivity index (χ4n) is 3.87. The van der Waals surface area contributed by atoms with Crippen LogP contribution < -0.4 is 0 Å². The third-order valence-electron chi connectivity index (χ3n) is 5.23. The minimum Gasteiger partial charge on any atom is -0.310 e. The molecule has 2 fully saturated rings.